The van der Waals surface area contributed by atoms with E-state index in [0.717, 1.165) is 0 Å². The van der Waals surface area contributed by atoms with Gasteiger partial charge < -0.3 is 0 Å². The fourth-order valence-corrected chi connectivity index (χ4v) is 10.0. The van der Waals surface area contributed by atoms with Crippen molar-refractivity contribution in [3.63, 3.8) is 0 Å². The first kappa shape index (κ1) is 24.9. The summed E-state index contributed by atoms with van der Waals surface area (Å²) in [7, 11) is 0. The summed E-state index contributed by atoms with van der Waals surface area (Å²) in [4.78, 5) is 2.66. The highest BCUT2D eigenvalue weighted by Gasteiger charge is 2.52. The van der Waals surface area contributed by atoms with Crippen LogP contribution in [0, 0.1) is 0 Å². The molecule has 0 aromatic heterocycles. The van der Waals surface area contributed by atoms with Crippen LogP contribution in [0.3, 0.4) is 0 Å². The molecule has 1 unspecified atom stereocenters. The Labute approximate surface area is 272 Å². The third kappa shape index (κ3) is 3.02. The topological polar surface area (TPSA) is 0 Å². The van der Waals surface area contributed by atoms with Gasteiger partial charge in [-0.25, -0.2) is 0 Å². The normalized spacial score (nSPS) is 16.3. The van der Waals surface area contributed by atoms with E-state index < -0.39 is 0 Å². The lowest BCUT2D eigenvalue weighted by Crippen LogP contribution is -2.25. The molecule has 0 nitrogen and oxygen atoms in total. The second kappa shape index (κ2) is 8.88. The van der Waals surface area contributed by atoms with E-state index in [2.05, 4.69) is 158 Å². The summed E-state index contributed by atoms with van der Waals surface area (Å²) in [5.41, 5.74) is 15.8. The van der Waals surface area contributed by atoms with Crippen LogP contribution in [0.5, 0.6) is 0 Å². The largest absolute Gasteiger partial charge is 0.0888 e. The van der Waals surface area contributed by atoms with E-state index in [-0.39, 0.29) is 5.41 Å². The van der Waals surface area contributed by atoms with E-state index in [1.54, 1.807) is 0 Å². The Hall–Kier alpha value is -5.37. The molecule has 0 saturated heterocycles. The molecule has 1 heteroatoms. The van der Waals surface area contributed by atoms with Gasteiger partial charge in [-0.05, 0) is 113 Å². The molecule has 212 valence electrons. The Bertz CT molecular complexity index is 2630. The maximum atomic E-state index is 2.47. The van der Waals surface area contributed by atoms with Crippen LogP contribution >= 0.6 is 11.8 Å². The molecule has 3 aliphatic rings. The lowest BCUT2D eigenvalue weighted by Gasteiger charge is -2.30. The Morgan fingerprint density at radius 3 is 1.83 bits per heavy atom. The number of hydrogen-bond acceptors (Lipinski definition) is 1. The van der Waals surface area contributed by atoms with Gasteiger partial charge in [0.25, 0.3) is 0 Å². The van der Waals surface area contributed by atoms with E-state index in [9.17, 15) is 0 Å². The molecule has 0 saturated carbocycles. The zero-order chi connectivity index (χ0) is 30.0. The van der Waals surface area contributed by atoms with Crippen LogP contribution in [0.15, 0.2) is 168 Å². The summed E-state index contributed by atoms with van der Waals surface area (Å²) in [5.74, 6) is 0. The minimum atomic E-state index is -0.371. The monoisotopic (exact) mass is 598 g/mol. The van der Waals surface area contributed by atoms with Crippen molar-refractivity contribution in [3.05, 3.63) is 180 Å². The molecule has 0 bridgehead atoms. The molecular formula is C45H26S. The third-order valence-electron chi connectivity index (χ3n) is 10.6. The van der Waals surface area contributed by atoms with Crippen LogP contribution in [0.2, 0.25) is 0 Å². The third-order valence-corrected chi connectivity index (χ3v) is 11.7. The van der Waals surface area contributed by atoms with Gasteiger partial charge in [0.2, 0.25) is 0 Å². The molecule has 1 spiro atoms. The SMILES string of the molecule is c1ccc2c(c1)Sc1cc(-c3cccc4c3-c3ccccc3C43c4ccccc4-c4cc5ccccc5cc43)cc3cccc-2c13. The van der Waals surface area contributed by atoms with Crippen molar-refractivity contribution in [1.29, 1.82) is 0 Å². The highest BCUT2D eigenvalue weighted by atomic mass is 32.2. The first-order valence-electron chi connectivity index (χ1n) is 16.0. The zero-order valence-corrected chi connectivity index (χ0v) is 25.7. The number of hydrogen-bond donors (Lipinski definition) is 0. The second-order valence-corrected chi connectivity index (χ2v) is 13.9. The molecule has 2 aliphatic carbocycles. The van der Waals surface area contributed by atoms with Crippen LogP contribution in [0.1, 0.15) is 22.3 Å². The summed E-state index contributed by atoms with van der Waals surface area (Å²) in [6, 6.07) is 59.5. The second-order valence-electron chi connectivity index (χ2n) is 12.8. The van der Waals surface area contributed by atoms with Gasteiger partial charge in [0.1, 0.15) is 0 Å². The van der Waals surface area contributed by atoms with Crippen molar-refractivity contribution < 1.29 is 0 Å². The lowest BCUT2D eigenvalue weighted by molar-refractivity contribution is 0.795. The van der Waals surface area contributed by atoms with Gasteiger partial charge in [-0.2, -0.15) is 0 Å². The Morgan fingerprint density at radius 1 is 0.348 bits per heavy atom. The summed E-state index contributed by atoms with van der Waals surface area (Å²) < 4.78 is 0. The number of benzene rings is 8. The summed E-state index contributed by atoms with van der Waals surface area (Å²) in [5, 5.41) is 5.24. The van der Waals surface area contributed by atoms with Gasteiger partial charge >= 0.3 is 0 Å². The molecule has 11 rings (SSSR count). The van der Waals surface area contributed by atoms with Gasteiger partial charge in [-0.3, -0.25) is 0 Å². The van der Waals surface area contributed by atoms with E-state index in [1.165, 1.54) is 98.1 Å². The maximum absolute atomic E-state index is 2.47. The minimum absolute atomic E-state index is 0.371. The molecule has 1 heterocycles. The molecule has 8 aromatic rings. The highest BCUT2D eigenvalue weighted by Crippen LogP contribution is 2.64. The summed E-state index contributed by atoms with van der Waals surface area (Å²) in [6.45, 7) is 0. The molecule has 0 N–H and O–H groups in total. The van der Waals surface area contributed by atoms with Crippen molar-refractivity contribution in [2.75, 3.05) is 0 Å². The van der Waals surface area contributed by atoms with Crippen LogP contribution in [0.4, 0.5) is 0 Å². The van der Waals surface area contributed by atoms with Gasteiger partial charge in [0, 0.05) is 15.2 Å². The van der Waals surface area contributed by atoms with E-state index >= 15 is 0 Å². The Kier molecular flexibility index (Phi) is 4.80. The molecular weight excluding hydrogens is 573 g/mol. The highest BCUT2D eigenvalue weighted by molar-refractivity contribution is 7.99. The van der Waals surface area contributed by atoms with Crippen LogP contribution in [-0.2, 0) is 5.41 Å². The fourth-order valence-electron chi connectivity index (χ4n) is 8.86. The molecule has 8 aromatic carbocycles. The molecule has 1 atom stereocenters. The lowest BCUT2D eigenvalue weighted by atomic mass is 9.70. The number of fused-ring (bicyclic) bond motifs is 13. The predicted octanol–water partition coefficient (Wildman–Crippen LogP) is 12.1. The Morgan fingerprint density at radius 2 is 0.957 bits per heavy atom. The molecule has 1 aliphatic heterocycles. The Balaban J connectivity index is 1.23. The van der Waals surface area contributed by atoms with Gasteiger partial charge in [0.15, 0.2) is 0 Å². The van der Waals surface area contributed by atoms with E-state index in [4.69, 9.17) is 0 Å². The van der Waals surface area contributed by atoms with E-state index in [0.29, 0.717) is 0 Å². The van der Waals surface area contributed by atoms with Crippen LogP contribution < -0.4 is 0 Å². The maximum Gasteiger partial charge on any atom is 0.0725 e. The smallest absolute Gasteiger partial charge is 0.0725 e. The van der Waals surface area contributed by atoms with Gasteiger partial charge in [0.05, 0.1) is 5.41 Å². The first-order chi connectivity index (χ1) is 22.8. The van der Waals surface area contributed by atoms with Crippen molar-refractivity contribution in [2.24, 2.45) is 0 Å². The van der Waals surface area contributed by atoms with Crippen LogP contribution in [0.25, 0.3) is 66.1 Å². The van der Waals surface area contributed by atoms with Gasteiger partial charge in [-0.1, -0.05) is 139 Å². The van der Waals surface area contributed by atoms with Gasteiger partial charge in [-0.15, -0.1) is 0 Å². The average molecular weight is 599 g/mol. The van der Waals surface area contributed by atoms with Crippen molar-refractivity contribution >= 4 is 33.3 Å². The molecule has 46 heavy (non-hydrogen) atoms. The molecule has 0 radical (unpaired) electrons. The van der Waals surface area contributed by atoms with E-state index in [1.807, 2.05) is 11.8 Å². The van der Waals surface area contributed by atoms with Crippen LogP contribution in [-0.4, -0.2) is 0 Å². The molecule has 0 amide bonds. The summed E-state index contributed by atoms with van der Waals surface area (Å²) in [6.07, 6.45) is 0. The minimum Gasteiger partial charge on any atom is -0.0888 e. The van der Waals surface area contributed by atoms with Crippen molar-refractivity contribution in [1.82, 2.24) is 0 Å². The first-order valence-corrected chi connectivity index (χ1v) is 16.8. The molecule has 0 fully saturated rings. The predicted molar refractivity (Wildman–Crippen MR) is 193 cm³/mol. The zero-order valence-electron chi connectivity index (χ0n) is 24.9. The average Bonchev–Trinajstić information content (AvgIpc) is 3.58. The van der Waals surface area contributed by atoms with Crippen molar-refractivity contribution in [2.45, 2.75) is 15.2 Å². The fraction of sp³-hybridized carbons (Fsp3) is 0.0222. The quantitative estimate of drug-likeness (QED) is 0.181. The standard InChI is InChI=1S/C45H26S/c1-2-12-28-25-40-36(24-27(28)11-1)32-14-3-6-19-37(32)45(40)38-20-7-4-16-35(38)44-31(17-10-21-39(44)45)30-23-29-13-9-18-34-33-15-5-8-22-41(33)46-42(26-30)43(29)34/h1-26H. The number of rotatable bonds is 1. The summed E-state index contributed by atoms with van der Waals surface area (Å²) >= 11 is 1.90. The van der Waals surface area contributed by atoms with Crippen molar-refractivity contribution in [3.8, 4) is 44.5 Å².